The lowest BCUT2D eigenvalue weighted by atomic mass is 9.93. The minimum atomic E-state index is -0.423. The van der Waals surface area contributed by atoms with Gasteiger partial charge in [-0.3, -0.25) is 10.1 Å². The third-order valence-electron chi connectivity index (χ3n) is 3.49. The molecule has 1 aliphatic heterocycles. The molecule has 2 aromatic rings. The molecule has 5 heteroatoms. The Morgan fingerprint density at radius 1 is 1.08 bits per heavy atom. The van der Waals surface area contributed by atoms with Gasteiger partial charge in [0.1, 0.15) is 5.76 Å². The first-order valence-corrected chi connectivity index (χ1v) is 7.67. The highest BCUT2D eigenvalue weighted by molar-refractivity contribution is 6.02. The van der Waals surface area contributed by atoms with Crippen molar-refractivity contribution < 1.29 is 9.66 Å². The number of hydrogen-bond donors (Lipinski definition) is 0. The van der Waals surface area contributed by atoms with E-state index in [0.717, 1.165) is 17.0 Å². The van der Waals surface area contributed by atoms with E-state index in [1.165, 1.54) is 12.1 Å². The third kappa shape index (κ3) is 3.35. The van der Waals surface area contributed by atoms with E-state index in [1.54, 1.807) is 12.1 Å². The van der Waals surface area contributed by atoms with Crippen LogP contribution in [0.5, 0.6) is 0 Å². The molecule has 0 aromatic heterocycles. The Kier molecular flexibility index (Phi) is 3.93. The van der Waals surface area contributed by atoms with Crippen molar-refractivity contribution in [2.24, 2.45) is 10.4 Å². The van der Waals surface area contributed by atoms with Crippen LogP contribution in [0.15, 0.2) is 59.6 Å². The molecule has 1 heterocycles. The zero-order valence-electron chi connectivity index (χ0n) is 13.8. The van der Waals surface area contributed by atoms with Crippen LogP contribution in [0.1, 0.15) is 31.9 Å². The van der Waals surface area contributed by atoms with Crippen molar-refractivity contribution in [3.05, 3.63) is 75.8 Å². The number of non-ortho nitro benzene ring substituents is 1. The highest BCUT2D eigenvalue weighted by Crippen LogP contribution is 2.36. The predicted molar refractivity (Wildman–Crippen MR) is 94.3 cm³/mol. The topological polar surface area (TPSA) is 64.7 Å². The van der Waals surface area contributed by atoms with Gasteiger partial charge in [-0.2, -0.15) is 0 Å². The van der Waals surface area contributed by atoms with Gasteiger partial charge in [-0.1, -0.05) is 32.9 Å². The maximum atomic E-state index is 10.8. The number of benzene rings is 2. The lowest BCUT2D eigenvalue weighted by Crippen LogP contribution is -2.13. The number of ether oxygens (including phenoxy) is 1. The molecule has 0 atom stereocenters. The number of para-hydroxylation sites is 1. The Bertz CT molecular complexity index is 844. The molecule has 5 nitrogen and oxygen atoms in total. The minimum Gasteiger partial charge on any atom is -0.438 e. The Morgan fingerprint density at radius 2 is 1.75 bits per heavy atom. The van der Waals surface area contributed by atoms with Gasteiger partial charge >= 0.3 is 0 Å². The van der Waals surface area contributed by atoms with Gasteiger partial charge in [-0.25, -0.2) is 4.99 Å². The van der Waals surface area contributed by atoms with E-state index in [4.69, 9.17) is 4.74 Å². The summed E-state index contributed by atoms with van der Waals surface area (Å²) in [4.78, 5) is 14.9. The average Bonchev–Trinajstić information content (AvgIpc) is 2.53. The monoisotopic (exact) mass is 322 g/mol. The molecule has 0 saturated heterocycles. The van der Waals surface area contributed by atoms with Gasteiger partial charge < -0.3 is 4.74 Å². The van der Waals surface area contributed by atoms with Crippen molar-refractivity contribution in [3.63, 3.8) is 0 Å². The molecule has 0 N–H and O–H groups in total. The van der Waals surface area contributed by atoms with Crippen LogP contribution in [0, 0.1) is 15.5 Å². The Balaban J connectivity index is 2.05. The number of hydrogen-bond acceptors (Lipinski definition) is 4. The summed E-state index contributed by atoms with van der Waals surface area (Å²) in [7, 11) is 0. The molecule has 0 radical (unpaired) electrons. The fraction of sp³-hybridized carbons (Fsp3) is 0.211. The zero-order valence-corrected chi connectivity index (χ0v) is 13.8. The molecular formula is C19H18N2O3. The summed E-state index contributed by atoms with van der Waals surface area (Å²) in [5.41, 5.74) is 2.46. The molecule has 0 unspecified atom stereocenters. The molecule has 3 rings (SSSR count). The molecule has 0 aliphatic carbocycles. The normalized spacial score (nSPS) is 15.5. The van der Waals surface area contributed by atoms with Gasteiger partial charge in [-0.15, -0.1) is 0 Å². The molecule has 0 fully saturated rings. The number of nitro groups is 1. The van der Waals surface area contributed by atoms with Gasteiger partial charge in [0, 0.05) is 23.3 Å². The largest absolute Gasteiger partial charge is 0.438 e. The number of nitro benzene ring substituents is 1. The number of rotatable bonds is 2. The highest BCUT2D eigenvalue weighted by atomic mass is 16.6. The van der Waals surface area contributed by atoms with Crippen LogP contribution >= 0.6 is 0 Å². The number of fused-ring (bicyclic) bond motifs is 1. The van der Waals surface area contributed by atoms with Crippen LogP contribution in [-0.2, 0) is 4.74 Å². The minimum absolute atomic E-state index is 0.0426. The summed E-state index contributed by atoms with van der Waals surface area (Å²) in [6, 6.07) is 14.0. The van der Waals surface area contributed by atoms with Gasteiger partial charge in [-0.05, 0) is 35.8 Å². The molecular weight excluding hydrogens is 304 g/mol. The summed E-state index contributed by atoms with van der Waals surface area (Å²) in [6.07, 6.45) is 2.06. The van der Waals surface area contributed by atoms with Crippen LogP contribution in [-0.4, -0.2) is 10.8 Å². The van der Waals surface area contributed by atoms with Crippen molar-refractivity contribution >= 4 is 23.0 Å². The third-order valence-corrected chi connectivity index (χ3v) is 3.49. The summed E-state index contributed by atoms with van der Waals surface area (Å²) in [6.45, 7) is 6.30. The SMILES string of the molecule is CC(C)(C)/C=C1\OC(c2ccc([N+](=O)[O-])cc2)=Nc2ccccc21. The van der Waals surface area contributed by atoms with Gasteiger partial charge in [0.15, 0.2) is 0 Å². The fourth-order valence-electron chi connectivity index (χ4n) is 2.42. The van der Waals surface area contributed by atoms with Crippen LogP contribution in [0.4, 0.5) is 11.4 Å². The lowest BCUT2D eigenvalue weighted by molar-refractivity contribution is -0.384. The number of allylic oxidation sites excluding steroid dienone is 1. The molecule has 0 spiro atoms. The Hall–Kier alpha value is -2.95. The van der Waals surface area contributed by atoms with E-state index in [2.05, 4.69) is 31.8 Å². The second-order valence-corrected chi connectivity index (χ2v) is 6.71. The fourth-order valence-corrected chi connectivity index (χ4v) is 2.42. The Labute approximate surface area is 140 Å². The first kappa shape index (κ1) is 15.9. The molecule has 1 aliphatic rings. The lowest BCUT2D eigenvalue weighted by Gasteiger charge is -2.22. The van der Waals surface area contributed by atoms with E-state index in [0.29, 0.717) is 11.5 Å². The second kappa shape index (κ2) is 5.92. The van der Waals surface area contributed by atoms with E-state index in [9.17, 15) is 10.1 Å². The average molecular weight is 322 g/mol. The standard InChI is InChI=1S/C19H18N2O3/c1-19(2,3)12-17-15-6-4-5-7-16(15)20-18(24-17)13-8-10-14(11-9-13)21(22)23/h4-12H,1-3H3/b17-12-. The van der Waals surface area contributed by atoms with Gasteiger partial charge in [0.2, 0.25) is 5.90 Å². The molecule has 0 bridgehead atoms. The smallest absolute Gasteiger partial charge is 0.269 e. The predicted octanol–water partition coefficient (Wildman–Crippen LogP) is 5.09. The number of aliphatic imine (C=N–C) groups is 1. The number of nitrogens with zero attached hydrogens (tertiary/aromatic N) is 2. The quantitative estimate of drug-likeness (QED) is 0.571. The first-order valence-electron chi connectivity index (χ1n) is 7.67. The molecule has 0 saturated carbocycles. The van der Waals surface area contributed by atoms with E-state index in [1.807, 2.05) is 24.3 Å². The van der Waals surface area contributed by atoms with Crippen LogP contribution in [0.25, 0.3) is 5.76 Å². The van der Waals surface area contributed by atoms with Crippen molar-refractivity contribution in [3.8, 4) is 0 Å². The van der Waals surface area contributed by atoms with E-state index < -0.39 is 4.92 Å². The maximum absolute atomic E-state index is 10.8. The summed E-state index contributed by atoms with van der Waals surface area (Å²) in [5.74, 6) is 1.19. The van der Waals surface area contributed by atoms with Crippen LogP contribution < -0.4 is 0 Å². The summed E-state index contributed by atoms with van der Waals surface area (Å²) < 4.78 is 6.02. The van der Waals surface area contributed by atoms with Crippen LogP contribution in [0.3, 0.4) is 0 Å². The van der Waals surface area contributed by atoms with Crippen molar-refractivity contribution in [2.45, 2.75) is 20.8 Å². The molecule has 2 aromatic carbocycles. The van der Waals surface area contributed by atoms with Gasteiger partial charge in [0.25, 0.3) is 5.69 Å². The molecule has 24 heavy (non-hydrogen) atoms. The zero-order chi connectivity index (χ0) is 17.3. The maximum Gasteiger partial charge on any atom is 0.269 e. The highest BCUT2D eigenvalue weighted by Gasteiger charge is 2.22. The molecule has 0 amide bonds. The summed E-state index contributed by atoms with van der Waals surface area (Å²) >= 11 is 0. The Morgan fingerprint density at radius 3 is 2.38 bits per heavy atom. The second-order valence-electron chi connectivity index (χ2n) is 6.71. The van der Waals surface area contributed by atoms with Crippen molar-refractivity contribution in [1.29, 1.82) is 0 Å². The van der Waals surface area contributed by atoms with Gasteiger partial charge in [0.05, 0.1) is 10.6 Å². The van der Waals surface area contributed by atoms with E-state index in [-0.39, 0.29) is 11.1 Å². The summed E-state index contributed by atoms with van der Waals surface area (Å²) in [5, 5.41) is 10.8. The molecule has 122 valence electrons. The van der Waals surface area contributed by atoms with Crippen molar-refractivity contribution in [2.75, 3.05) is 0 Å². The van der Waals surface area contributed by atoms with E-state index >= 15 is 0 Å². The van der Waals surface area contributed by atoms with Crippen molar-refractivity contribution in [1.82, 2.24) is 0 Å². The first-order chi connectivity index (χ1) is 11.3. The van der Waals surface area contributed by atoms with Crippen LogP contribution in [0.2, 0.25) is 0 Å².